The Labute approximate surface area is 88.8 Å². The van der Waals surface area contributed by atoms with Crippen LogP contribution in [0.2, 0.25) is 0 Å². The molecule has 14 heavy (non-hydrogen) atoms. The third kappa shape index (κ3) is 1.63. The number of imide groups is 1. The van der Waals surface area contributed by atoms with Crippen molar-refractivity contribution in [1.29, 1.82) is 0 Å². The minimum atomic E-state index is -0.569. The summed E-state index contributed by atoms with van der Waals surface area (Å²) in [6.07, 6.45) is 0. The molecule has 0 spiro atoms. The second-order valence-corrected chi connectivity index (χ2v) is 3.87. The number of urea groups is 1. The highest BCUT2D eigenvalue weighted by Crippen LogP contribution is 2.20. The second-order valence-electron chi connectivity index (χ2n) is 2.95. The predicted molar refractivity (Wildman–Crippen MR) is 53.6 cm³/mol. The summed E-state index contributed by atoms with van der Waals surface area (Å²) in [7, 11) is 0. The third-order valence-corrected chi connectivity index (χ3v) is 2.45. The minimum Gasteiger partial charge on any atom is -0.322 e. The Morgan fingerprint density at radius 2 is 2.07 bits per heavy atom. The molecule has 1 aliphatic heterocycles. The summed E-state index contributed by atoms with van der Waals surface area (Å²) in [5.41, 5.74) is 0.766. The van der Waals surface area contributed by atoms with Crippen molar-refractivity contribution in [2.24, 2.45) is 0 Å². The van der Waals surface area contributed by atoms with Crippen LogP contribution in [0.25, 0.3) is 0 Å². The van der Waals surface area contributed by atoms with Crippen molar-refractivity contribution in [2.45, 2.75) is 6.04 Å². The lowest BCUT2D eigenvalue weighted by Crippen LogP contribution is -2.22. The quantitative estimate of drug-likeness (QED) is 0.744. The topological polar surface area (TPSA) is 58.2 Å². The molecule has 2 N–H and O–H groups in total. The smallest absolute Gasteiger partial charge is 0.322 e. The summed E-state index contributed by atoms with van der Waals surface area (Å²) < 4.78 is 0.879. The molecule has 1 aromatic rings. The number of carbonyl (C=O) groups excluding carboxylic acids is 2. The van der Waals surface area contributed by atoms with Gasteiger partial charge in [0.2, 0.25) is 0 Å². The van der Waals surface area contributed by atoms with E-state index in [9.17, 15) is 9.59 Å². The fourth-order valence-corrected chi connectivity index (χ4v) is 1.75. The van der Waals surface area contributed by atoms with Gasteiger partial charge in [0, 0.05) is 4.47 Å². The zero-order chi connectivity index (χ0) is 10.1. The van der Waals surface area contributed by atoms with Crippen molar-refractivity contribution in [3.05, 3.63) is 34.3 Å². The monoisotopic (exact) mass is 254 g/mol. The molecule has 2 rings (SSSR count). The van der Waals surface area contributed by atoms with Crippen LogP contribution in [-0.2, 0) is 4.79 Å². The van der Waals surface area contributed by atoms with E-state index >= 15 is 0 Å². The lowest BCUT2D eigenvalue weighted by atomic mass is 10.1. The molecular formula is C9H7BrN2O2. The van der Waals surface area contributed by atoms with E-state index in [-0.39, 0.29) is 5.91 Å². The Kier molecular flexibility index (Phi) is 2.25. The van der Waals surface area contributed by atoms with Gasteiger partial charge < -0.3 is 5.32 Å². The maximum atomic E-state index is 11.3. The average Bonchev–Trinajstić information content (AvgIpc) is 2.45. The van der Waals surface area contributed by atoms with E-state index in [2.05, 4.69) is 26.6 Å². The Morgan fingerprint density at radius 1 is 1.29 bits per heavy atom. The first-order valence-electron chi connectivity index (χ1n) is 4.03. The van der Waals surface area contributed by atoms with Crippen LogP contribution in [0, 0.1) is 0 Å². The molecule has 0 radical (unpaired) electrons. The first kappa shape index (κ1) is 9.21. The summed E-state index contributed by atoms with van der Waals surface area (Å²) in [5.74, 6) is -0.312. The molecule has 0 bridgehead atoms. The van der Waals surface area contributed by atoms with Gasteiger partial charge in [0.05, 0.1) is 0 Å². The molecule has 3 amide bonds. The van der Waals surface area contributed by atoms with Crippen molar-refractivity contribution < 1.29 is 9.59 Å². The number of hydrogen-bond donors (Lipinski definition) is 2. The molecule has 1 saturated heterocycles. The first-order valence-corrected chi connectivity index (χ1v) is 4.83. The predicted octanol–water partition coefficient (Wildman–Crippen LogP) is 1.33. The normalized spacial score (nSPS) is 20.5. The fourth-order valence-electron chi connectivity index (χ4n) is 1.34. The molecule has 1 fully saturated rings. The van der Waals surface area contributed by atoms with Crippen molar-refractivity contribution in [2.75, 3.05) is 0 Å². The lowest BCUT2D eigenvalue weighted by Gasteiger charge is -2.06. The Morgan fingerprint density at radius 3 is 2.64 bits per heavy atom. The molecule has 72 valence electrons. The standard InChI is InChI=1S/C9H7BrN2O2/c10-6-3-1-2-5(4-6)7-8(13)12-9(14)11-7/h1-4,7H,(H2,11,12,13,14)/t7-/m0/s1. The molecule has 0 aromatic heterocycles. The van der Waals surface area contributed by atoms with E-state index in [1.54, 1.807) is 12.1 Å². The maximum Gasteiger partial charge on any atom is 0.322 e. The Bertz CT molecular complexity index is 406. The Hall–Kier alpha value is -1.36. The van der Waals surface area contributed by atoms with E-state index in [4.69, 9.17) is 0 Å². The van der Waals surface area contributed by atoms with Gasteiger partial charge in [-0.3, -0.25) is 10.1 Å². The van der Waals surface area contributed by atoms with Gasteiger partial charge in [-0.05, 0) is 17.7 Å². The van der Waals surface area contributed by atoms with Crippen molar-refractivity contribution in [3.8, 4) is 0 Å². The number of carbonyl (C=O) groups is 2. The molecule has 4 nitrogen and oxygen atoms in total. The van der Waals surface area contributed by atoms with E-state index in [0.29, 0.717) is 0 Å². The number of rotatable bonds is 1. The molecule has 1 aromatic carbocycles. The number of nitrogens with one attached hydrogen (secondary N) is 2. The summed E-state index contributed by atoms with van der Waals surface area (Å²) in [5, 5.41) is 4.71. The fraction of sp³-hybridized carbons (Fsp3) is 0.111. The largest absolute Gasteiger partial charge is 0.322 e. The zero-order valence-corrected chi connectivity index (χ0v) is 8.67. The van der Waals surface area contributed by atoms with Gasteiger partial charge in [-0.1, -0.05) is 28.1 Å². The highest BCUT2D eigenvalue weighted by molar-refractivity contribution is 9.10. The lowest BCUT2D eigenvalue weighted by molar-refractivity contribution is -0.120. The minimum absolute atomic E-state index is 0.312. The molecule has 0 saturated carbocycles. The van der Waals surface area contributed by atoms with E-state index in [0.717, 1.165) is 10.0 Å². The molecule has 1 aliphatic rings. The third-order valence-electron chi connectivity index (χ3n) is 1.96. The van der Waals surface area contributed by atoms with Gasteiger partial charge in [0.1, 0.15) is 6.04 Å². The number of hydrogen-bond acceptors (Lipinski definition) is 2. The van der Waals surface area contributed by atoms with E-state index in [1.807, 2.05) is 12.1 Å². The van der Waals surface area contributed by atoms with Crippen LogP contribution in [0.4, 0.5) is 4.79 Å². The van der Waals surface area contributed by atoms with E-state index < -0.39 is 12.1 Å². The van der Waals surface area contributed by atoms with Crippen molar-refractivity contribution in [3.63, 3.8) is 0 Å². The van der Waals surface area contributed by atoms with Crippen LogP contribution in [0.15, 0.2) is 28.7 Å². The molecule has 0 aliphatic carbocycles. The summed E-state index contributed by atoms with van der Waals surface area (Å²) >= 11 is 3.30. The van der Waals surface area contributed by atoms with Crippen LogP contribution >= 0.6 is 15.9 Å². The van der Waals surface area contributed by atoms with Crippen molar-refractivity contribution in [1.82, 2.24) is 10.6 Å². The first-order chi connectivity index (χ1) is 6.66. The van der Waals surface area contributed by atoms with Gasteiger partial charge in [-0.25, -0.2) is 4.79 Å². The second kappa shape index (κ2) is 3.42. The van der Waals surface area contributed by atoms with Crippen LogP contribution < -0.4 is 10.6 Å². The van der Waals surface area contributed by atoms with E-state index in [1.165, 1.54) is 0 Å². The summed E-state index contributed by atoms with van der Waals surface area (Å²) in [4.78, 5) is 22.2. The molecular weight excluding hydrogens is 248 g/mol. The zero-order valence-electron chi connectivity index (χ0n) is 7.08. The highest BCUT2D eigenvalue weighted by Gasteiger charge is 2.30. The Balaban J connectivity index is 2.31. The number of benzene rings is 1. The average molecular weight is 255 g/mol. The number of halogens is 1. The van der Waals surface area contributed by atoms with Crippen molar-refractivity contribution >= 4 is 27.9 Å². The van der Waals surface area contributed by atoms with Gasteiger partial charge in [-0.2, -0.15) is 0 Å². The molecule has 1 heterocycles. The van der Waals surface area contributed by atoms with Gasteiger partial charge >= 0.3 is 6.03 Å². The molecule has 5 heteroatoms. The number of amides is 3. The van der Waals surface area contributed by atoms with Crippen LogP contribution in [0.1, 0.15) is 11.6 Å². The maximum absolute atomic E-state index is 11.3. The highest BCUT2D eigenvalue weighted by atomic mass is 79.9. The van der Waals surface area contributed by atoms with Crippen LogP contribution in [-0.4, -0.2) is 11.9 Å². The SMILES string of the molecule is O=C1NC(=O)[C@H](c2cccc(Br)c2)N1. The molecule has 1 atom stereocenters. The summed E-state index contributed by atoms with van der Waals surface area (Å²) in [6.45, 7) is 0. The van der Waals surface area contributed by atoms with Gasteiger partial charge in [-0.15, -0.1) is 0 Å². The van der Waals surface area contributed by atoms with Crippen LogP contribution in [0.5, 0.6) is 0 Å². The molecule has 0 unspecified atom stereocenters. The van der Waals surface area contributed by atoms with Gasteiger partial charge in [0.15, 0.2) is 0 Å². The summed E-state index contributed by atoms with van der Waals surface area (Å²) in [6, 6.07) is 6.26. The van der Waals surface area contributed by atoms with Crippen LogP contribution in [0.3, 0.4) is 0 Å². The van der Waals surface area contributed by atoms with Gasteiger partial charge in [0.25, 0.3) is 5.91 Å².